The van der Waals surface area contributed by atoms with Crippen LogP contribution in [-0.4, -0.2) is 34.5 Å². The van der Waals surface area contributed by atoms with Crippen molar-refractivity contribution in [3.05, 3.63) is 77.9 Å². The molecule has 2 unspecified atom stereocenters. The van der Waals surface area contributed by atoms with E-state index in [1.807, 2.05) is 55.5 Å². The van der Waals surface area contributed by atoms with Gasteiger partial charge in [0.1, 0.15) is 17.7 Å². The van der Waals surface area contributed by atoms with Crippen LogP contribution in [0.15, 0.2) is 66.7 Å². The van der Waals surface area contributed by atoms with E-state index in [4.69, 9.17) is 11.2 Å². The van der Waals surface area contributed by atoms with Crippen molar-refractivity contribution in [2.24, 2.45) is 0 Å². The number of carbonyl (C=O) groups is 3. The maximum absolute atomic E-state index is 13.6. The smallest absolute Gasteiger partial charge is 0.408 e. The maximum Gasteiger partial charge on any atom is 0.408 e. The first kappa shape index (κ1) is 26.3. The van der Waals surface area contributed by atoms with Crippen LogP contribution in [0, 0.1) is 19.4 Å². The molecule has 0 saturated carbocycles. The summed E-state index contributed by atoms with van der Waals surface area (Å²) < 4.78 is 5.24. The van der Waals surface area contributed by atoms with Gasteiger partial charge >= 0.3 is 6.09 Å². The zero-order valence-corrected chi connectivity index (χ0v) is 21.2. The van der Waals surface area contributed by atoms with Gasteiger partial charge in [-0.05, 0) is 63.1 Å². The molecule has 7 heteroatoms. The van der Waals surface area contributed by atoms with E-state index in [9.17, 15) is 14.4 Å². The highest BCUT2D eigenvalue weighted by Crippen LogP contribution is 2.26. The third kappa shape index (κ3) is 6.63. The topological polar surface area (TPSA) is 87.7 Å². The van der Waals surface area contributed by atoms with Crippen LogP contribution in [0.2, 0.25) is 0 Å². The molecule has 2 atom stereocenters. The lowest BCUT2D eigenvalue weighted by Gasteiger charge is -2.29. The number of carbonyl (C=O) groups excluding carboxylic acids is 3. The van der Waals surface area contributed by atoms with E-state index in [-0.39, 0.29) is 0 Å². The number of anilines is 1. The van der Waals surface area contributed by atoms with E-state index >= 15 is 0 Å². The fourth-order valence-corrected chi connectivity index (χ4v) is 3.66. The molecule has 0 aliphatic heterocycles. The van der Waals surface area contributed by atoms with Crippen molar-refractivity contribution in [3.63, 3.8) is 0 Å². The number of ether oxygens (including phenoxy) is 1. The molecule has 0 aliphatic carbocycles. The second-order valence-corrected chi connectivity index (χ2v) is 9.57. The minimum atomic E-state index is -1.13. The van der Waals surface area contributed by atoms with Crippen molar-refractivity contribution < 1.29 is 19.1 Å². The van der Waals surface area contributed by atoms with Crippen molar-refractivity contribution in [1.29, 1.82) is 0 Å². The molecule has 3 aromatic rings. The van der Waals surface area contributed by atoms with Crippen LogP contribution in [-0.2, 0) is 14.3 Å². The molecule has 0 bridgehead atoms. The molecule has 0 radical (unpaired) electrons. The SMILES string of the molecule is C#CN(C(=O)C(C)NC(=O)OC(C)(C)C)C(C(=O)Nc1ccc2ccccc2c1)c1ccc(C)cc1. The average molecular weight is 486 g/mol. The predicted octanol–water partition coefficient (Wildman–Crippen LogP) is 5.16. The third-order valence-electron chi connectivity index (χ3n) is 5.40. The lowest BCUT2D eigenvalue weighted by Crippen LogP contribution is -2.49. The van der Waals surface area contributed by atoms with Crippen LogP contribution < -0.4 is 10.6 Å². The first-order valence-electron chi connectivity index (χ1n) is 11.6. The first-order chi connectivity index (χ1) is 17.0. The highest BCUT2D eigenvalue weighted by atomic mass is 16.6. The number of alkyl carbamates (subject to hydrolysis) is 1. The fourth-order valence-electron chi connectivity index (χ4n) is 3.66. The zero-order chi connectivity index (χ0) is 26.5. The Morgan fingerprint density at radius 2 is 1.61 bits per heavy atom. The molecule has 0 aliphatic rings. The number of hydrogen-bond acceptors (Lipinski definition) is 4. The van der Waals surface area contributed by atoms with Gasteiger partial charge in [0, 0.05) is 11.7 Å². The molecule has 0 fully saturated rings. The Morgan fingerprint density at radius 1 is 0.972 bits per heavy atom. The minimum absolute atomic E-state index is 0.482. The summed E-state index contributed by atoms with van der Waals surface area (Å²) in [6.45, 7) is 8.57. The summed E-state index contributed by atoms with van der Waals surface area (Å²) in [7, 11) is 0. The Bertz CT molecular complexity index is 1300. The lowest BCUT2D eigenvalue weighted by molar-refractivity contribution is -0.136. The van der Waals surface area contributed by atoms with Gasteiger partial charge in [-0.2, -0.15) is 0 Å². The molecule has 7 nitrogen and oxygen atoms in total. The monoisotopic (exact) mass is 485 g/mol. The lowest BCUT2D eigenvalue weighted by atomic mass is 10.0. The van der Waals surface area contributed by atoms with Gasteiger partial charge < -0.3 is 15.4 Å². The number of amides is 3. The van der Waals surface area contributed by atoms with Crippen molar-refractivity contribution in [3.8, 4) is 12.5 Å². The van der Waals surface area contributed by atoms with Gasteiger partial charge in [-0.25, -0.2) is 4.79 Å². The molecule has 0 spiro atoms. The maximum atomic E-state index is 13.6. The van der Waals surface area contributed by atoms with E-state index in [0.29, 0.717) is 11.3 Å². The number of benzene rings is 3. The largest absolute Gasteiger partial charge is 0.444 e. The second-order valence-electron chi connectivity index (χ2n) is 9.57. The molecular formula is C29H31N3O4. The van der Waals surface area contributed by atoms with E-state index in [1.165, 1.54) is 6.92 Å². The first-order valence-corrected chi connectivity index (χ1v) is 11.6. The summed E-state index contributed by atoms with van der Waals surface area (Å²) in [4.78, 5) is 40.1. The van der Waals surface area contributed by atoms with Crippen molar-refractivity contribution in [2.45, 2.75) is 52.3 Å². The normalized spacial score (nSPS) is 12.7. The van der Waals surface area contributed by atoms with Gasteiger partial charge in [0.05, 0.1) is 0 Å². The molecule has 0 aromatic heterocycles. The van der Waals surface area contributed by atoms with Crippen LogP contribution in [0.25, 0.3) is 10.8 Å². The van der Waals surface area contributed by atoms with Gasteiger partial charge in [0.2, 0.25) is 0 Å². The van der Waals surface area contributed by atoms with Gasteiger partial charge in [-0.1, -0.05) is 66.6 Å². The van der Waals surface area contributed by atoms with Crippen LogP contribution in [0.5, 0.6) is 0 Å². The summed E-state index contributed by atoms with van der Waals surface area (Å²) in [5.74, 6) is -1.10. The molecule has 2 N–H and O–H groups in total. The van der Waals surface area contributed by atoms with Crippen LogP contribution in [0.1, 0.15) is 44.9 Å². The van der Waals surface area contributed by atoms with E-state index < -0.39 is 35.6 Å². The molecule has 3 amide bonds. The number of nitrogens with zero attached hydrogens (tertiary/aromatic N) is 1. The number of hydrogen-bond donors (Lipinski definition) is 2. The number of rotatable bonds is 6. The minimum Gasteiger partial charge on any atom is -0.444 e. The Labute approximate surface area is 211 Å². The van der Waals surface area contributed by atoms with Crippen LogP contribution >= 0.6 is 0 Å². The van der Waals surface area contributed by atoms with E-state index in [0.717, 1.165) is 21.2 Å². The van der Waals surface area contributed by atoms with Gasteiger partial charge in [0.15, 0.2) is 0 Å². The Balaban J connectivity index is 1.89. The Morgan fingerprint density at radius 3 is 2.22 bits per heavy atom. The fraction of sp³-hybridized carbons (Fsp3) is 0.276. The molecular weight excluding hydrogens is 454 g/mol. The van der Waals surface area contributed by atoms with E-state index in [1.54, 1.807) is 39.0 Å². The molecule has 36 heavy (non-hydrogen) atoms. The summed E-state index contributed by atoms with van der Waals surface area (Å²) in [6.07, 6.45) is 4.99. The number of fused-ring (bicyclic) bond motifs is 1. The molecule has 3 aromatic carbocycles. The highest BCUT2D eigenvalue weighted by Gasteiger charge is 2.34. The summed E-state index contributed by atoms with van der Waals surface area (Å²) in [6, 6.07) is 20.7. The highest BCUT2D eigenvalue weighted by molar-refractivity contribution is 6.00. The Hall–Kier alpha value is -4.31. The quantitative estimate of drug-likeness (QED) is 0.373. The van der Waals surface area contributed by atoms with Crippen LogP contribution in [0.3, 0.4) is 0 Å². The summed E-state index contributed by atoms with van der Waals surface area (Å²) in [5, 5.41) is 7.38. The summed E-state index contributed by atoms with van der Waals surface area (Å²) in [5.41, 5.74) is 1.36. The Kier molecular flexibility index (Phi) is 8.00. The van der Waals surface area contributed by atoms with Crippen molar-refractivity contribution in [1.82, 2.24) is 10.2 Å². The zero-order valence-electron chi connectivity index (χ0n) is 21.2. The standard InChI is InChI=1S/C29H31N3O4/c1-7-32(27(34)20(3)30-28(35)36-29(4,5)6)25(22-14-12-19(2)13-15-22)26(33)31-24-17-16-21-10-8-9-11-23(21)18-24/h1,8-18,20,25H,2-6H3,(H,30,35)(H,31,33). The second kappa shape index (κ2) is 11.0. The van der Waals surface area contributed by atoms with Crippen LogP contribution in [0.4, 0.5) is 10.5 Å². The van der Waals surface area contributed by atoms with E-state index in [2.05, 4.69) is 16.7 Å². The number of terminal acetylenes is 1. The number of aryl methyl sites for hydroxylation is 1. The molecule has 3 rings (SSSR count). The van der Waals surface area contributed by atoms with Crippen molar-refractivity contribution in [2.75, 3.05) is 5.32 Å². The van der Waals surface area contributed by atoms with Gasteiger partial charge in [0.25, 0.3) is 11.8 Å². The molecule has 0 heterocycles. The molecule has 186 valence electrons. The van der Waals surface area contributed by atoms with Crippen molar-refractivity contribution >= 4 is 34.4 Å². The third-order valence-corrected chi connectivity index (χ3v) is 5.40. The average Bonchev–Trinajstić information content (AvgIpc) is 2.81. The number of nitrogens with one attached hydrogen (secondary N) is 2. The van der Waals surface area contributed by atoms with Gasteiger partial charge in [-0.15, -0.1) is 0 Å². The predicted molar refractivity (Wildman–Crippen MR) is 141 cm³/mol. The summed E-state index contributed by atoms with van der Waals surface area (Å²) >= 11 is 0. The molecule has 0 saturated heterocycles. The van der Waals surface area contributed by atoms with Gasteiger partial charge in [-0.3, -0.25) is 14.5 Å².